The van der Waals surface area contributed by atoms with Gasteiger partial charge in [0, 0.05) is 16.8 Å². The maximum absolute atomic E-state index is 13.2. The molecule has 2 aromatic heterocycles. The van der Waals surface area contributed by atoms with E-state index >= 15 is 0 Å². The number of benzene rings is 1. The van der Waals surface area contributed by atoms with Gasteiger partial charge in [-0.25, -0.2) is 4.79 Å². The Hall–Kier alpha value is -2.91. The van der Waals surface area contributed by atoms with E-state index in [1.54, 1.807) is 36.6 Å². The Bertz CT molecular complexity index is 1140. The second-order valence-corrected chi connectivity index (χ2v) is 7.48. The number of esters is 1. The van der Waals surface area contributed by atoms with E-state index in [1.165, 1.54) is 14.0 Å². The number of methoxy groups -OCH3 is 1. The Morgan fingerprint density at radius 3 is 2.79 bits per heavy atom. The highest BCUT2D eigenvalue weighted by molar-refractivity contribution is 7.16. The van der Waals surface area contributed by atoms with Crippen LogP contribution < -0.4 is 15.6 Å². The molecule has 8 nitrogen and oxygen atoms in total. The third kappa shape index (κ3) is 4.10. The number of fused-ring (bicyclic) bond motifs is 1. The Balaban J connectivity index is 2.28. The van der Waals surface area contributed by atoms with E-state index in [0.717, 1.165) is 16.0 Å². The monoisotopic (exact) mass is 435 g/mol. The summed E-state index contributed by atoms with van der Waals surface area (Å²) in [5.41, 5.74) is -0.129. The Labute approximate surface area is 175 Å². The van der Waals surface area contributed by atoms with E-state index in [-0.39, 0.29) is 22.7 Å². The van der Waals surface area contributed by atoms with Crippen LogP contribution in [-0.4, -0.2) is 40.8 Å². The molecule has 2 heterocycles. The summed E-state index contributed by atoms with van der Waals surface area (Å²) in [6.07, 6.45) is 0. The lowest BCUT2D eigenvalue weighted by molar-refractivity contribution is -0.115. The third-order valence-corrected chi connectivity index (χ3v) is 5.11. The smallest absolute Gasteiger partial charge is 0.359 e. The Kier molecular flexibility index (Phi) is 6.19. The van der Waals surface area contributed by atoms with Gasteiger partial charge in [-0.1, -0.05) is 6.07 Å². The topological polar surface area (TPSA) is 99.5 Å². The van der Waals surface area contributed by atoms with Crippen molar-refractivity contribution in [1.82, 2.24) is 9.78 Å². The molecule has 3 aromatic rings. The molecule has 0 aliphatic rings. The molecule has 0 bridgehead atoms. The summed E-state index contributed by atoms with van der Waals surface area (Å²) in [5.74, 6) is -0.614. The van der Waals surface area contributed by atoms with Gasteiger partial charge in [0.15, 0.2) is 5.69 Å². The predicted octanol–water partition coefficient (Wildman–Crippen LogP) is 3.20. The van der Waals surface area contributed by atoms with Crippen LogP contribution in [0.2, 0.25) is 0 Å². The van der Waals surface area contributed by atoms with Crippen LogP contribution >= 0.6 is 22.9 Å². The van der Waals surface area contributed by atoms with Gasteiger partial charge in [0.1, 0.15) is 16.1 Å². The molecule has 10 heteroatoms. The molecule has 29 heavy (non-hydrogen) atoms. The van der Waals surface area contributed by atoms with Crippen LogP contribution in [0.1, 0.15) is 24.3 Å². The van der Waals surface area contributed by atoms with Crippen molar-refractivity contribution in [2.75, 3.05) is 19.0 Å². The molecule has 3 rings (SSSR count). The quantitative estimate of drug-likeness (QED) is 0.471. The molecule has 0 radical (unpaired) electrons. The van der Waals surface area contributed by atoms with Crippen LogP contribution in [0.4, 0.5) is 5.00 Å². The maximum atomic E-state index is 13.2. The number of alkyl halides is 1. The molecule has 1 N–H and O–H groups in total. The number of halogens is 1. The van der Waals surface area contributed by atoms with Crippen molar-refractivity contribution in [3.63, 3.8) is 0 Å². The van der Waals surface area contributed by atoms with Gasteiger partial charge in [0.25, 0.3) is 5.56 Å². The first-order valence-corrected chi connectivity index (χ1v) is 10.00. The van der Waals surface area contributed by atoms with Crippen molar-refractivity contribution in [1.29, 1.82) is 0 Å². The lowest BCUT2D eigenvalue weighted by Gasteiger charge is -2.11. The number of anilines is 1. The molecule has 1 atom stereocenters. The molecule has 0 saturated carbocycles. The summed E-state index contributed by atoms with van der Waals surface area (Å²) in [6, 6.07) is 6.68. The molecule has 0 aliphatic carbocycles. The fraction of sp³-hybridized carbons (Fsp3) is 0.263. The van der Waals surface area contributed by atoms with E-state index in [0.29, 0.717) is 16.8 Å². The third-order valence-electron chi connectivity index (χ3n) is 4.02. The summed E-state index contributed by atoms with van der Waals surface area (Å²) in [5, 5.41) is 8.40. The number of rotatable bonds is 6. The molecule has 0 spiro atoms. The first kappa shape index (κ1) is 20.8. The maximum Gasteiger partial charge on any atom is 0.359 e. The van der Waals surface area contributed by atoms with Gasteiger partial charge in [0.2, 0.25) is 5.91 Å². The molecule has 0 aliphatic heterocycles. The highest BCUT2D eigenvalue weighted by atomic mass is 35.5. The van der Waals surface area contributed by atoms with Crippen LogP contribution in [0.5, 0.6) is 5.75 Å². The second kappa shape index (κ2) is 8.62. The van der Waals surface area contributed by atoms with Crippen LogP contribution in [0.3, 0.4) is 0 Å². The normalized spacial score (nSPS) is 11.9. The van der Waals surface area contributed by atoms with Crippen molar-refractivity contribution in [2.45, 2.75) is 19.2 Å². The van der Waals surface area contributed by atoms with Crippen molar-refractivity contribution < 1.29 is 19.1 Å². The second-order valence-electron chi connectivity index (χ2n) is 5.95. The van der Waals surface area contributed by atoms with Crippen LogP contribution in [-0.2, 0) is 9.53 Å². The van der Waals surface area contributed by atoms with E-state index in [2.05, 4.69) is 10.4 Å². The van der Waals surface area contributed by atoms with Gasteiger partial charge in [0.05, 0.1) is 24.8 Å². The fourth-order valence-electron chi connectivity index (χ4n) is 2.62. The van der Waals surface area contributed by atoms with E-state index in [1.807, 2.05) is 0 Å². The first-order chi connectivity index (χ1) is 13.9. The number of ether oxygens (including phenoxy) is 2. The Morgan fingerprint density at radius 1 is 1.38 bits per heavy atom. The highest BCUT2D eigenvalue weighted by Gasteiger charge is 2.23. The van der Waals surface area contributed by atoms with E-state index in [9.17, 15) is 14.4 Å². The molecular weight excluding hydrogens is 418 g/mol. The van der Waals surface area contributed by atoms with Crippen molar-refractivity contribution in [3.05, 3.63) is 45.7 Å². The number of hydrogen-bond acceptors (Lipinski definition) is 7. The average Bonchev–Trinajstić information content (AvgIpc) is 3.12. The van der Waals surface area contributed by atoms with E-state index < -0.39 is 22.8 Å². The first-order valence-electron chi connectivity index (χ1n) is 8.68. The molecule has 1 aromatic carbocycles. The number of aromatic nitrogens is 2. The van der Waals surface area contributed by atoms with Crippen molar-refractivity contribution >= 4 is 50.6 Å². The number of hydrogen-bond donors (Lipinski definition) is 1. The highest BCUT2D eigenvalue weighted by Crippen LogP contribution is 2.31. The fourth-order valence-corrected chi connectivity index (χ4v) is 3.61. The number of carbonyl (C=O) groups is 2. The summed E-state index contributed by atoms with van der Waals surface area (Å²) in [6.45, 7) is 3.35. The van der Waals surface area contributed by atoms with Gasteiger partial charge < -0.3 is 14.8 Å². The average molecular weight is 436 g/mol. The van der Waals surface area contributed by atoms with Gasteiger partial charge in [-0.3, -0.25) is 9.59 Å². The summed E-state index contributed by atoms with van der Waals surface area (Å²) < 4.78 is 11.4. The lowest BCUT2D eigenvalue weighted by atomic mass is 10.2. The zero-order chi connectivity index (χ0) is 21.1. The van der Waals surface area contributed by atoms with Gasteiger partial charge in [-0.15, -0.1) is 22.9 Å². The van der Waals surface area contributed by atoms with Crippen molar-refractivity contribution in [3.8, 4) is 11.4 Å². The van der Waals surface area contributed by atoms with Gasteiger partial charge in [-0.05, 0) is 26.0 Å². The predicted molar refractivity (Wildman–Crippen MR) is 112 cm³/mol. The zero-order valence-corrected chi connectivity index (χ0v) is 17.5. The number of nitrogens with zero attached hydrogens (tertiary/aromatic N) is 2. The zero-order valence-electron chi connectivity index (χ0n) is 15.9. The molecular formula is C19H18ClN3O5S. The SMILES string of the molecule is CCOC(=O)c1nn(-c2cccc(OC)c2)c(=O)c2c(NC(=O)C(C)Cl)scc12. The molecule has 0 saturated heterocycles. The number of thiophene rings is 1. The molecule has 0 fully saturated rings. The number of nitrogens with one attached hydrogen (secondary N) is 1. The van der Waals surface area contributed by atoms with Crippen LogP contribution in [0, 0.1) is 0 Å². The van der Waals surface area contributed by atoms with Crippen LogP contribution in [0.15, 0.2) is 34.4 Å². The minimum atomic E-state index is -0.792. The van der Waals surface area contributed by atoms with Gasteiger partial charge in [-0.2, -0.15) is 9.78 Å². The van der Waals surface area contributed by atoms with Gasteiger partial charge >= 0.3 is 5.97 Å². The largest absolute Gasteiger partial charge is 0.497 e. The molecule has 1 amide bonds. The summed E-state index contributed by atoms with van der Waals surface area (Å²) in [4.78, 5) is 37.8. The van der Waals surface area contributed by atoms with Crippen LogP contribution in [0.25, 0.3) is 16.5 Å². The summed E-state index contributed by atoms with van der Waals surface area (Å²) >= 11 is 6.94. The minimum absolute atomic E-state index is 0.0278. The Morgan fingerprint density at radius 2 is 2.14 bits per heavy atom. The summed E-state index contributed by atoms with van der Waals surface area (Å²) in [7, 11) is 1.50. The van der Waals surface area contributed by atoms with Crippen molar-refractivity contribution in [2.24, 2.45) is 0 Å². The lowest BCUT2D eigenvalue weighted by Crippen LogP contribution is -2.26. The number of amides is 1. The minimum Gasteiger partial charge on any atom is -0.497 e. The standard InChI is InChI=1S/C19H18ClN3O5S/c1-4-28-19(26)15-13-9-29-17(21-16(24)10(2)20)14(13)18(25)23(22-15)11-6-5-7-12(8-11)27-3/h5-10H,4H2,1-3H3,(H,21,24). The number of carbonyl (C=O) groups excluding carboxylic acids is 2. The molecule has 1 unspecified atom stereocenters. The molecule has 152 valence electrons. The van der Waals surface area contributed by atoms with E-state index in [4.69, 9.17) is 21.1 Å².